The van der Waals surface area contributed by atoms with Gasteiger partial charge < -0.3 is 4.40 Å². The summed E-state index contributed by atoms with van der Waals surface area (Å²) in [7, 11) is -8.25. The molecule has 0 aliphatic rings. The number of carbonyl (C=O) groups excluding carboxylic acids is 1. The molecule has 12 heteroatoms. The normalized spacial score (nSPS) is 12.3. The zero-order valence-electron chi connectivity index (χ0n) is 21.3. The molecule has 39 heavy (non-hydrogen) atoms. The van der Waals surface area contributed by atoms with Gasteiger partial charge in [-0.25, -0.2) is 22.3 Å². The molecule has 3 heterocycles. The number of benzene rings is 1. The van der Waals surface area contributed by atoms with Crippen molar-refractivity contribution >= 4 is 59.9 Å². The molecular weight excluding hydrogens is 651 g/mol. The molecule has 0 bridgehead atoms. The van der Waals surface area contributed by atoms with Crippen LogP contribution in [0.3, 0.4) is 0 Å². The number of halogens is 1. The van der Waals surface area contributed by atoms with E-state index in [9.17, 15) is 21.6 Å². The van der Waals surface area contributed by atoms with Crippen LogP contribution in [-0.4, -0.2) is 49.8 Å². The van der Waals surface area contributed by atoms with Crippen molar-refractivity contribution in [3.63, 3.8) is 0 Å². The van der Waals surface area contributed by atoms with Crippen molar-refractivity contribution in [2.24, 2.45) is 5.10 Å². The van der Waals surface area contributed by atoms with Gasteiger partial charge in [-0.3, -0.25) is 9.78 Å². The second-order valence-electron chi connectivity index (χ2n) is 8.77. The van der Waals surface area contributed by atoms with Crippen LogP contribution in [-0.2, 0) is 19.7 Å². The van der Waals surface area contributed by atoms with Gasteiger partial charge in [0.2, 0.25) is 0 Å². The number of aromatic nitrogens is 2. The van der Waals surface area contributed by atoms with E-state index in [0.717, 1.165) is 14.7 Å². The van der Waals surface area contributed by atoms with Crippen LogP contribution in [0.5, 0.6) is 0 Å². The highest BCUT2D eigenvalue weighted by molar-refractivity contribution is 14.1. The predicted octanol–water partition coefficient (Wildman–Crippen LogP) is 4.74. The topological polar surface area (TPSA) is 127 Å². The van der Waals surface area contributed by atoms with E-state index < -0.39 is 30.5 Å². The Kier molecular flexibility index (Phi) is 8.86. The van der Waals surface area contributed by atoms with E-state index in [1.54, 1.807) is 50.5 Å². The minimum atomic E-state index is -4.17. The molecule has 4 rings (SSSR count). The summed E-state index contributed by atoms with van der Waals surface area (Å²) in [5.41, 5.74) is 4.39. The van der Waals surface area contributed by atoms with Crippen LogP contribution >= 0.6 is 22.6 Å². The maximum absolute atomic E-state index is 13.6. The number of hydrogen-bond acceptors (Lipinski definition) is 7. The van der Waals surface area contributed by atoms with Crippen molar-refractivity contribution in [3.8, 4) is 11.1 Å². The summed E-state index contributed by atoms with van der Waals surface area (Å²) in [6.07, 6.45) is 6.70. The summed E-state index contributed by atoms with van der Waals surface area (Å²) in [6.45, 7) is 3.38. The summed E-state index contributed by atoms with van der Waals surface area (Å²) in [6, 6.07) is 14.2. The zero-order chi connectivity index (χ0) is 28.2. The minimum absolute atomic E-state index is 0.110. The molecule has 0 atom stereocenters. The first-order valence-electron chi connectivity index (χ1n) is 12.2. The first kappa shape index (κ1) is 28.9. The average Bonchev–Trinajstić information content (AvgIpc) is 3.27. The van der Waals surface area contributed by atoms with Gasteiger partial charge in [-0.1, -0.05) is 32.0 Å². The molecule has 0 aliphatic heterocycles. The lowest BCUT2D eigenvalue weighted by atomic mass is 10.1. The number of fused-ring (bicyclic) bond motifs is 1. The van der Waals surface area contributed by atoms with E-state index in [0.29, 0.717) is 5.56 Å². The van der Waals surface area contributed by atoms with E-state index in [2.05, 4.69) is 38.1 Å². The van der Waals surface area contributed by atoms with Crippen LogP contribution < -0.4 is 5.43 Å². The predicted molar refractivity (Wildman–Crippen MR) is 160 cm³/mol. The van der Waals surface area contributed by atoms with Gasteiger partial charge in [-0.2, -0.15) is 5.10 Å². The lowest BCUT2D eigenvalue weighted by Crippen LogP contribution is -2.23. The van der Waals surface area contributed by atoms with Crippen LogP contribution in [0.25, 0.3) is 16.6 Å². The van der Waals surface area contributed by atoms with Crippen molar-refractivity contribution in [1.82, 2.24) is 14.8 Å². The highest BCUT2D eigenvalue weighted by atomic mass is 127. The van der Waals surface area contributed by atoms with Gasteiger partial charge in [0.15, 0.2) is 19.7 Å². The molecular formula is C27H27IN4O5S2. The van der Waals surface area contributed by atoms with E-state index in [4.69, 9.17) is 0 Å². The van der Waals surface area contributed by atoms with Crippen molar-refractivity contribution in [1.29, 1.82) is 0 Å². The number of carbonyl (C=O) groups is 1. The molecule has 0 spiro atoms. The maximum Gasteiger partial charge on any atom is 0.289 e. The molecule has 1 aromatic carbocycles. The van der Waals surface area contributed by atoms with Crippen LogP contribution in [0, 0.1) is 3.57 Å². The largest absolute Gasteiger partial charge is 0.310 e. The van der Waals surface area contributed by atoms with Crippen molar-refractivity contribution in [3.05, 3.63) is 81.9 Å². The number of nitrogens with one attached hydrogen (secondary N) is 1. The van der Waals surface area contributed by atoms with Crippen molar-refractivity contribution in [2.75, 3.05) is 11.5 Å². The highest BCUT2D eigenvalue weighted by Crippen LogP contribution is 2.36. The van der Waals surface area contributed by atoms with Gasteiger partial charge in [0, 0.05) is 27.7 Å². The Morgan fingerprint density at radius 2 is 1.59 bits per heavy atom. The van der Waals surface area contributed by atoms with E-state index in [-0.39, 0.29) is 40.5 Å². The lowest BCUT2D eigenvalue weighted by molar-refractivity contribution is 0.0945. The Balaban J connectivity index is 1.98. The van der Waals surface area contributed by atoms with Gasteiger partial charge in [0.1, 0.15) is 15.5 Å². The van der Waals surface area contributed by atoms with Crippen LogP contribution in [0.15, 0.2) is 82.0 Å². The fourth-order valence-electron chi connectivity index (χ4n) is 4.26. The summed E-state index contributed by atoms with van der Waals surface area (Å²) >= 11 is 2.13. The Bertz CT molecular complexity index is 1770. The minimum Gasteiger partial charge on any atom is -0.310 e. The first-order valence-corrected chi connectivity index (χ1v) is 16.6. The van der Waals surface area contributed by atoms with Gasteiger partial charge >= 0.3 is 0 Å². The number of rotatable bonds is 10. The summed E-state index contributed by atoms with van der Waals surface area (Å²) in [5.74, 6) is -1.43. The first-order chi connectivity index (χ1) is 18.6. The molecule has 4 aromatic rings. The average molecular weight is 679 g/mol. The molecule has 1 amide bonds. The van der Waals surface area contributed by atoms with Gasteiger partial charge in [0.25, 0.3) is 5.91 Å². The van der Waals surface area contributed by atoms with E-state index in [1.807, 2.05) is 24.3 Å². The van der Waals surface area contributed by atoms with Gasteiger partial charge in [0.05, 0.1) is 23.2 Å². The molecule has 0 unspecified atom stereocenters. The number of amides is 1. The lowest BCUT2D eigenvalue weighted by Gasteiger charge is -2.08. The Labute approximate surface area is 241 Å². The van der Waals surface area contributed by atoms with Crippen molar-refractivity contribution < 1.29 is 21.6 Å². The molecule has 1 N–H and O–H groups in total. The molecule has 0 saturated heterocycles. The maximum atomic E-state index is 13.6. The third-order valence-corrected chi connectivity index (χ3v) is 11.0. The number of nitrogens with zero attached hydrogens (tertiary/aromatic N) is 3. The number of sulfone groups is 2. The van der Waals surface area contributed by atoms with Crippen molar-refractivity contribution in [2.45, 2.75) is 36.5 Å². The summed E-state index contributed by atoms with van der Waals surface area (Å²) in [5, 5.41) is 4.03. The van der Waals surface area contributed by atoms with Gasteiger partial charge in [-0.15, -0.1) is 0 Å². The number of pyridine rings is 2. The fourth-order valence-corrected chi connectivity index (χ4v) is 8.76. The van der Waals surface area contributed by atoms with Crippen LogP contribution in [0.1, 0.15) is 42.7 Å². The quantitative estimate of drug-likeness (QED) is 0.147. The number of hydrazone groups is 1. The summed E-state index contributed by atoms with van der Waals surface area (Å²) in [4.78, 5) is 16.7. The third kappa shape index (κ3) is 6.07. The second kappa shape index (κ2) is 12.0. The smallest absolute Gasteiger partial charge is 0.289 e. The monoisotopic (exact) mass is 678 g/mol. The summed E-state index contributed by atoms with van der Waals surface area (Å²) < 4.78 is 56.6. The molecule has 0 radical (unpaired) electrons. The molecule has 0 aliphatic carbocycles. The zero-order valence-corrected chi connectivity index (χ0v) is 25.1. The van der Waals surface area contributed by atoms with Crippen LogP contribution in [0.2, 0.25) is 0 Å². The highest BCUT2D eigenvalue weighted by Gasteiger charge is 2.37. The second-order valence-corrected chi connectivity index (χ2v) is 14.0. The molecule has 3 aromatic heterocycles. The molecule has 204 valence electrons. The number of hydrogen-bond donors (Lipinski definition) is 1. The fraction of sp³-hybridized carbons (Fsp3) is 0.222. The Hall–Kier alpha value is -3.10. The molecule has 0 saturated carbocycles. The van der Waals surface area contributed by atoms with E-state index >= 15 is 0 Å². The SMILES string of the molecule is CCCS(=O)(=O)c1c(S(=O)(=O)CCC)c2cc(-c3ccncc3)ccn2c1C(=O)N/N=C/c1ccccc1I. The standard InChI is InChI=1S/C27H27IN4O5S2/c1-3-15-38(34,35)25-23-17-20(19-9-12-29-13-10-19)11-14-32(23)24(26(25)39(36,37)16-4-2)27(33)31-30-18-21-7-5-6-8-22(21)28/h5-14,17-18H,3-4,15-16H2,1-2H3,(H,31,33)/b30-18+. The Morgan fingerprint density at radius 3 is 2.23 bits per heavy atom. The van der Waals surface area contributed by atoms with Gasteiger partial charge in [-0.05, 0) is 76.9 Å². The Morgan fingerprint density at radius 1 is 0.949 bits per heavy atom. The van der Waals surface area contributed by atoms with Crippen LogP contribution in [0.4, 0.5) is 0 Å². The third-order valence-electron chi connectivity index (χ3n) is 5.92. The molecule has 9 nitrogen and oxygen atoms in total. The molecule has 0 fully saturated rings. The van der Waals surface area contributed by atoms with E-state index in [1.165, 1.54) is 16.8 Å².